The molecule has 1 rings (SSSR count). The van der Waals surface area contributed by atoms with Crippen molar-refractivity contribution in [1.82, 2.24) is 4.72 Å². The molecule has 0 heterocycles. The summed E-state index contributed by atoms with van der Waals surface area (Å²) in [7, 11) is 1.92. The summed E-state index contributed by atoms with van der Waals surface area (Å²) in [6.07, 6.45) is 2.08. The summed E-state index contributed by atoms with van der Waals surface area (Å²) in [6, 6.07) is 8.49. The number of thioether (sulfide) groups is 1. The van der Waals surface area contributed by atoms with Gasteiger partial charge in [0.2, 0.25) is 0 Å². The van der Waals surface area contributed by atoms with E-state index in [-0.39, 0.29) is 0 Å². The highest BCUT2D eigenvalue weighted by Crippen LogP contribution is 2.19. The van der Waals surface area contributed by atoms with Gasteiger partial charge in [0.15, 0.2) is 0 Å². The van der Waals surface area contributed by atoms with E-state index in [1.165, 1.54) is 9.79 Å². The highest BCUT2D eigenvalue weighted by atomic mass is 32.2. The molecule has 0 saturated heterocycles. The van der Waals surface area contributed by atoms with E-state index in [2.05, 4.69) is 35.2 Å². The molecule has 0 aliphatic carbocycles. The van der Waals surface area contributed by atoms with E-state index in [4.69, 9.17) is 0 Å². The molecule has 11 heavy (non-hydrogen) atoms. The summed E-state index contributed by atoms with van der Waals surface area (Å²) in [5, 5.41) is 0. The zero-order chi connectivity index (χ0) is 8.10. The van der Waals surface area contributed by atoms with Gasteiger partial charge < -0.3 is 0 Å². The van der Waals surface area contributed by atoms with Crippen LogP contribution in [0.3, 0.4) is 0 Å². The van der Waals surface area contributed by atoms with Crippen LogP contribution in [0, 0.1) is 0 Å². The van der Waals surface area contributed by atoms with Crippen LogP contribution >= 0.6 is 23.7 Å². The Morgan fingerprint density at radius 3 is 2.09 bits per heavy atom. The van der Waals surface area contributed by atoms with Gasteiger partial charge >= 0.3 is 0 Å². The van der Waals surface area contributed by atoms with Gasteiger partial charge in [0.1, 0.15) is 0 Å². The molecule has 1 N–H and O–H groups in total. The molecule has 1 aromatic rings. The third kappa shape index (κ3) is 2.77. The molecular weight excluding hydrogens is 174 g/mol. The van der Waals surface area contributed by atoms with E-state index in [0.29, 0.717) is 0 Å². The SMILES string of the molecule is CNSc1ccc(SC)cc1. The van der Waals surface area contributed by atoms with Gasteiger partial charge in [-0.05, 0) is 49.5 Å². The second-order valence-electron chi connectivity index (χ2n) is 1.98. The summed E-state index contributed by atoms with van der Waals surface area (Å²) in [5.74, 6) is 0. The van der Waals surface area contributed by atoms with E-state index >= 15 is 0 Å². The van der Waals surface area contributed by atoms with Crippen molar-refractivity contribution in [2.45, 2.75) is 9.79 Å². The molecule has 0 aliphatic rings. The predicted molar refractivity (Wildman–Crippen MR) is 53.1 cm³/mol. The summed E-state index contributed by atoms with van der Waals surface area (Å²) in [5.41, 5.74) is 0. The topological polar surface area (TPSA) is 12.0 Å². The van der Waals surface area contributed by atoms with E-state index in [1.807, 2.05) is 7.05 Å². The van der Waals surface area contributed by atoms with Crippen LogP contribution in [0.2, 0.25) is 0 Å². The van der Waals surface area contributed by atoms with Gasteiger partial charge in [-0.3, -0.25) is 4.72 Å². The maximum absolute atomic E-state index is 3.03. The monoisotopic (exact) mass is 185 g/mol. The molecule has 0 radical (unpaired) electrons. The summed E-state index contributed by atoms with van der Waals surface area (Å²) < 4.78 is 3.03. The van der Waals surface area contributed by atoms with Crippen molar-refractivity contribution in [2.24, 2.45) is 0 Å². The Hall–Kier alpha value is -0.120. The van der Waals surface area contributed by atoms with E-state index in [9.17, 15) is 0 Å². The molecule has 0 amide bonds. The quantitative estimate of drug-likeness (QED) is 0.574. The predicted octanol–water partition coefficient (Wildman–Crippen LogP) is 2.64. The van der Waals surface area contributed by atoms with Gasteiger partial charge in [-0.15, -0.1) is 11.8 Å². The minimum Gasteiger partial charge on any atom is -0.263 e. The van der Waals surface area contributed by atoms with Crippen LogP contribution in [0.15, 0.2) is 34.1 Å². The first kappa shape index (κ1) is 8.97. The smallest absolute Gasteiger partial charge is 0.0228 e. The maximum atomic E-state index is 3.03. The lowest BCUT2D eigenvalue weighted by atomic mass is 10.4. The zero-order valence-electron chi connectivity index (χ0n) is 6.63. The van der Waals surface area contributed by atoms with E-state index < -0.39 is 0 Å². The number of rotatable bonds is 3. The van der Waals surface area contributed by atoms with Gasteiger partial charge in [-0.2, -0.15) is 0 Å². The number of hydrogen-bond acceptors (Lipinski definition) is 3. The van der Waals surface area contributed by atoms with Gasteiger partial charge in [0.05, 0.1) is 0 Å². The van der Waals surface area contributed by atoms with Crippen LogP contribution in [-0.2, 0) is 0 Å². The van der Waals surface area contributed by atoms with Crippen LogP contribution in [-0.4, -0.2) is 13.3 Å². The van der Waals surface area contributed by atoms with Crippen molar-refractivity contribution in [3.8, 4) is 0 Å². The molecule has 60 valence electrons. The van der Waals surface area contributed by atoms with Crippen LogP contribution in [0.4, 0.5) is 0 Å². The van der Waals surface area contributed by atoms with Crippen LogP contribution < -0.4 is 4.72 Å². The standard InChI is InChI=1S/C8H11NS2/c1-9-11-8-5-3-7(10-2)4-6-8/h3-6,9H,1-2H3. The van der Waals surface area contributed by atoms with Crippen molar-refractivity contribution in [3.63, 3.8) is 0 Å². The molecule has 0 aromatic heterocycles. The number of benzene rings is 1. The Morgan fingerprint density at radius 1 is 1.09 bits per heavy atom. The Labute approximate surface area is 76.1 Å². The molecule has 0 spiro atoms. The lowest BCUT2D eigenvalue weighted by molar-refractivity contribution is 1.26. The maximum Gasteiger partial charge on any atom is 0.0228 e. The Balaban J connectivity index is 2.66. The molecule has 0 bridgehead atoms. The van der Waals surface area contributed by atoms with Crippen molar-refractivity contribution in [3.05, 3.63) is 24.3 Å². The van der Waals surface area contributed by atoms with E-state index in [1.54, 1.807) is 23.7 Å². The fourth-order valence-electron chi connectivity index (χ4n) is 0.762. The largest absolute Gasteiger partial charge is 0.263 e. The van der Waals surface area contributed by atoms with E-state index in [0.717, 1.165) is 0 Å². The fraction of sp³-hybridized carbons (Fsp3) is 0.250. The van der Waals surface area contributed by atoms with Crippen molar-refractivity contribution >= 4 is 23.7 Å². The second-order valence-corrected chi connectivity index (χ2v) is 3.95. The molecule has 0 unspecified atom stereocenters. The third-order valence-corrected chi connectivity index (χ3v) is 2.73. The number of hydrogen-bond donors (Lipinski definition) is 1. The summed E-state index contributed by atoms with van der Waals surface area (Å²) in [6.45, 7) is 0. The second kappa shape index (κ2) is 4.70. The molecule has 0 fully saturated rings. The molecular formula is C8H11NS2. The lowest BCUT2D eigenvalue weighted by Gasteiger charge is -1.99. The highest BCUT2D eigenvalue weighted by molar-refractivity contribution is 7.98. The molecule has 0 atom stereocenters. The zero-order valence-corrected chi connectivity index (χ0v) is 8.26. The van der Waals surface area contributed by atoms with Crippen LogP contribution in [0.5, 0.6) is 0 Å². The molecule has 0 saturated carbocycles. The number of nitrogens with one attached hydrogen (secondary N) is 1. The summed E-state index contributed by atoms with van der Waals surface area (Å²) >= 11 is 3.40. The minimum absolute atomic E-state index is 1.25. The molecule has 1 nitrogen and oxygen atoms in total. The van der Waals surface area contributed by atoms with Crippen molar-refractivity contribution in [1.29, 1.82) is 0 Å². The fourth-order valence-corrected chi connectivity index (χ4v) is 1.68. The van der Waals surface area contributed by atoms with Gasteiger partial charge in [0, 0.05) is 9.79 Å². The molecule has 1 aromatic carbocycles. The molecule has 3 heteroatoms. The van der Waals surface area contributed by atoms with Crippen LogP contribution in [0.1, 0.15) is 0 Å². The Kier molecular flexibility index (Phi) is 3.83. The van der Waals surface area contributed by atoms with Crippen LogP contribution in [0.25, 0.3) is 0 Å². The van der Waals surface area contributed by atoms with Crippen molar-refractivity contribution in [2.75, 3.05) is 13.3 Å². The normalized spacial score (nSPS) is 10.0. The Morgan fingerprint density at radius 2 is 1.64 bits per heavy atom. The first-order chi connectivity index (χ1) is 5.36. The van der Waals surface area contributed by atoms with Gasteiger partial charge in [-0.25, -0.2) is 0 Å². The minimum atomic E-state index is 1.25. The van der Waals surface area contributed by atoms with Crippen molar-refractivity contribution < 1.29 is 0 Å². The third-order valence-electron chi connectivity index (χ3n) is 1.28. The average molecular weight is 185 g/mol. The van der Waals surface area contributed by atoms with Gasteiger partial charge in [0.25, 0.3) is 0 Å². The Bertz CT molecular complexity index is 208. The first-order valence-electron chi connectivity index (χ1n) is 3.34. The highest BCUT2D eigenvalue weighted by Gasteiger charge is 1.91. The average Bonchev–Trinajstić information content (AvgIpc) is 2.07. The summed E-state index contributed by atoms with van der Waals surface area (Å²) in [4.78, 5) is 2.57. The van der Waals surface area contributed by atoms with Gasteiger partial charge in [-0.1, -0.05) is 0 Å². The first-order valence-corrected chi connectivity index (χ1v) is 5.38. The molecule has 0 aliphatic heterocycles. The lowest BCUT2D eigenvalue weighted by Crippen LogP contribution is -1.89.